The van der Waals surface area contributed by atoms with E-state index >= 15 is 0 Å². The summed E-state index contributed by atoms with van der Waals surface area (Å²) in [5.41, 5.74) is -0.524. The first-order valence-corrected chi connectivity index (χ1v) is 5.29. The number of nitrogens with two attached hydrogens (primary N) is 1. The van der Waals surface area contributed by atoms with Crippen molar-refractivity contribution in [3.05, 3.63) is 12.1 Å². The minimum absolute atomic E-state index is 0. The summed E-state index contributed by atoms with van der Waals surface area (Å²) in [4.78, 5) is 12.9. The Hall–Kier alpha value is -0.160. The monoisotopic (exact) mass is 289 g/mol. The number of aliphatic hydroxyl groups excluding tert-OH is 1. The Labute approximate surface area is 113 Å². The largest absolute Gasteiger partial charge is 1.00 e. The topological polar surface area (TPSA) is 57.2 Å². The van der Waals surface area contributed by atoms with Crippen LogP contribution < -0.4 is 30.1 Å². The van der Waals surface area contributed by atoms with E-state index in [1.807, 2.05) is 0 Å². The van der Waals surface area contributed by atoms with Gasteiger partial charge in [-0.2, -0.15) is 0 Å². The van der Waals surface area contributed by atoms with Gasteiger partial charge in [0.05, 0.1) is 0 Å². The fourth-order valence-corrected chi connectivity index (χ4v) is 1.64. The summed E-state index contributed by atoms with van der Waals surface area (Å²) in [6.45, 7) is 2.09. The number of hydrogen-bond donors (Lipinski definition) is 2. The Morgan fingerprint density at radius 2 is 2.19 bits per heavy atom. The molecule has 0 aromatic carbocycles. The average Bonchev–Trinajstić information content (AvgIpc) is 2.45. The van der Waals surface area contributed by atoms with E-state index in [4.69, 9.17) is 16.7 Å². The molecular formula is C9H16Cl3N2O2-. The summed E-state index contributed by atoms with van der Waals surface area (Å²) in [5.74, 6) is 0.0348. The number of unbranched alkanes of at least 4 members (excludes halogenated alkanes) is 2. The molecular weight excluding hydrogens is 274 g/mol. The molecule has 0 saturated carbocycles. The predicted molar refractivity (Wildman–Crippen MR) is 53.3 cm³/mol. The Kier molecular flexibility index (Phi) is 10.2. The lowest BCUT2D eigenvalue weighted by Gasteiger charge is -2.13. The van der Waals surface area contributed by atoms with Crippen molar-refractivity contribution in [2.75, 3.05) is 0 Å². The van der Waals surface area contributed by atoms with E-state index < -0.39 is 5.62 Å². The van der Waals surface area contributed by atoms with E-state index in [1.165, 1.54) is 16.4 Å². The maximum Gasteiger partial charge on any atom is 0.305 e. The van der Waals surface area contributed by atoms with E-state index in [1.54, 1.807) is 0 Å². The van der Waals surface area contributed by atoms with Crippen LogP contribution in [0.3, 0.4) is 0 Å². The second-order valence-corrected chi connectivity index (χ2v) is 3.80. The van der Waals surface area contributed by atoms with Crippen molar-refractivity contribution in [3.63, 3.8) is 0 Å². The van der Waals surface area contributed by atoms with Crippen molar-refractivity contribution in [2.24, 2.45) is 0 Å². The molecule has 1 unspecified atom stereocenters. The number of carbonyl (C=O) groups is 1. The first kappa shape index (κ1) is 18.2. The summed E-state index contributed by atoms with van der Waals surface area (Å²) in [7, 11) is 0. The molecule has 0 aromatic rings. The van der Waals surface area contributed by atoms with Gasteiger partial charge in [-0.3, -0.25) is 4.79 Å². The molecule has 1 aliphatic rings. The van der Waals surface area contributed by atoms with Gasteiger partial charge >= 0.3 is 5.88 Å². The van der Waals surface area contributed by atoms with Gasteiger partial charge < -0.3 is 29.9 Å². The average molecular weight is 291 g/mol. The van der Waals surface area contributed by atoms with Gasteiger partial charge in [-0.1, -0.05) is 19.8 Å². The van der Waals surface area contributed by atoms with Crippen LogP contribution in [0.4, 0.5) is 0 Å². The van der Waals surface area contributed by atoms with Crippen LogP contribution >= 0.6 is 11.6 Å². The number of rotatable bonds is 4. The molecule has 1 heterocycles. The predicted octanol–water partition coefficient (Wildman–Crippen LogP) is -5.14. The molecule has 1 atom stereocenters. The zero-order valence-corrected chi connectivity index (χ0v) is 11.3. The smallest absolute Gasteiger partial charge is 0.305 e. The Bertz CT molecular complexity index is 249. The number of quaternary nitrogens is 1. The molecule has 1 amide bonds. The van der Waals surface area contributed by atoms with Gasteiger partial charge in [0.25, 0.3) is 5.62 Å². The fourth-order valence-electron chi connectivity index (χ4n) is 1.34. The molecule has 0 spiro atoms. The van der Waals surface area contributed by atoms with E-state index in [-0.39, 0.29) is 36.6 Å². The SMILES string of the molecule is CCCCCC(=O)N1C=C(O)[NH2+]C1Cl.[Cl-].[Cl-]. The molecule has 0 saturated heterocycles. The third kappa shape index (κ3) is 5.25. The Balaban J connectivity index is 0. The minimum Gasteiger partial charge on any atom is -1.00 e. The van der Waals surface area contributed by atoms with Crippen molar-refractivity contribution < 1.29 is 40.0 Å². The lowest BCUT2D eigenvalue weighted by Crippen LogP contribution is -3.00. The van der Waals surface area contributed by atoms with Gasteiger partial charge in [-0.05, 0) is 18.0 Å². The summed E-state index contributed by atoms with van der Waals surface area (Å²) >= 11 is 5.82. The number of amides is 1. The van der Waals surface area contributed by atoms with Crippen LogP contribution in [0.25, 0.3) is 0 Å². The Morgan fingerprint density at radius 3 is 2.62 bits per heavy atom. The number of halogens is 3. The molecule has 16 heavy (non-hydrogen) atoms. The van der Waals surface area contributed by atoms with Crippen LogP contribution in [0.1, 0.15) is 32.6 Å². The number of aliphatic hydroxyl groups is 1. The zero-order chi connectivity index (χ0) is 10.6. The van der Waals surface area contributed by atoms with Crippen LogP contribution in [-0.2, 0) is 4.79 Å². The highest BCUT2D eigenvalue weighted by Gasteiger charge is 2.30. The minimum atomic E-state index is -0.524. The second kappa shape index (κ2) is 8.93. The lowest BCUT2D eigenvalue weighted by atomic mass is 10.2. The van der Waals surface area contributed by atoms with E-state index in [2.05, 4.69) is 6.92 Å². The van der Waals surface area contributed by atoms with Crippen LogP contribution in [0.5, 0.6) is 0 Å². The summed E-state index contributed by atoms with van der Waals surface area (Å²) in [6, 6.07) is 0. The molecule has 1 rings (SSSR count). The molecule has 0 bridgehead atoms. The van der Waals surface area contributed by atoms with E-state index in [0.29, 0.717) is 6.42 Å². The standard InChI is InChI=1S/C9H15ClN2O2.2ClH/c1-2-3-4-5-8(14)12-6-7(13)11-9(12)10;;/h6,9,11,13H,2-5H2,1H3;2*1H/p-1. The van der Waals surface area contributed by atoms with Gasteiger partial charge in [-0.15, -0.1) is 0 Å². The van der Waals surface area contributed by atoms with Gasteiger partial charge in [0.1, 0.15) is 6.20 Å². The maximum atomic E-state index is 11.5. The number of alkyl halides is 1. The maximum absolute atomic E-state index is 11.5. The molecule has 3 N–H and O–H groups in total. The highest BCUT2D eigenvalue weighted by molar-refractivity contribution is 6.20. The molecule has 7 heteroatoms. The van der Waals surface area contributed by atoms with Gasteiger partial charge in [0.2, 0.25) is 5.91 Å². The van der Waals surface area contributed by atoms with Crippen molar-refractivity contribution in [1.29, 1.82) is 0 Å². The molecule has 0 aromatic heterocycles. The first-order valence-electron chi connectivity index (χ1n) is 4.86. The molecule has 0 radical (unpaired) electrons. The first-order chi connectivity index (χ1) is 6.65. The molecule has 0 aliphatic carbocycles. The van der Waals surface area contributed by atoms with Crippen molar-refractivity contribution >= 4 is 17.5 Å². The number of carbonyl (C=O) groups excluding carboxylic acids is 1. The quantitative estimate of drug-likeness (QED) is 0.309. The molecule has 1 aliphatic heterocycles. The lowest BCUT2D eigenvalue weighted by molar-refractivity contribution is -0.647. The van der Waals surface area contributed by atoms with Crippen LogP contribution in [0, 0.1) is 0 Å². The van der Waals surface area contributed by atoms with Gasteiger partial charge in [0, 0.05) is 6.42 Å². The normalized spacial score (nSPS) is 18.5. The Morgan fingerprint density at radius 1 is 1.56 bits per heavy atom. The van der Waals surface area contributed by atoms with Gasteiger partial charge in [-0.25, -0.2) is 10.2 Å². The number of hydrogen-bond acceptors (Lipinski definition) is 2. The van der Waals surface area contributed by atoms with Crippen molar-refractivity contribution in [3.8, 4) is 0 Å². The highest BCUT2D eigenvalue weighted by atomic mass is 35.5. The third-order valence-corrected chi connectivity index (χ3v) is 2.46. The second-order valence-electron chi connectivity index (χ2n) is 3.35. The molecule has 4 nitrogen and oxygen atoms in total. The number of nitrogens with zero attached hydrogens (tertiary/aromatic N) is 1. The van der Waals surface area contributed by atoms with Crippen molar-refractivity contribution in [1.82, 2.24) is 4.90 Å². The summed E-state index contributed by atoms with van der Waals surface area (Å²) < 4.78 is 0. The zero-order valence-electron chi connectivity index (χ0n) is 9.00. The highest BCUT2D eigenvalue weighted by Crippen LogP contribution is 2.10. The summed E-state index contributed by atoms with van der Waals surface area (Å²) in [6.07, 6.45) is 4.89. The van der Waals surface area contributed by atoms with Crippen molar-refractivity contribution in [2.45, 2.75) is 38.2 Å². The van der Waals surface area contributed by atoms with Crippen LogP contribution in [-0.4, -0.2) is 21.5 Å². The molecule has 96 valence electrons. The van der Waals surface area contributed by atoms with E-state index in [0.717, 1.165) is 19.3 Å². The van der Waals surface area contributed by atoms with E-state index in [9.17, 15) is 4.79 Å². The van der Waals surface area contributed by atoms with Crippen LogP contribution in [0.15, 0.2) is 12.1 Å². The van der Waals surface area contributed by atoms with Crippen LogP contribution in [0.2, 0.25) is 0 Å². The fraction of sp³-hybridized carbons (Fsp3) is 0.667. The van der Waals surface area contributed by atoms with Gasteiger partial charge in [0.15, 0.2) is 0 Å². The third-order valence-electron chi connectivity index (χ3n) is 2.13. The summed E-state index contributed by atoms with van der Waals surface area (Å²) in [5, 5.41) is 10.6. The molecule has 0 fully saturated rings.